The molecule has 66 valence electrons. The summed E-state index contributed by atoms with van der Waals surface area (Å²) in [6.07, 6.45) is 1.30. The standard InChI is InChI=1S/C8H17IN2/c1-2-3-10-4-6-11(8-9)7-5-10/h2-8H2,1H3. The van der Waals surface area contributed by atoms with Crippen molar-refractivity contribution in [2.24, 2.45) is 0 Å². The van der Waals surface area contributed by atoms with Gasteiger partial charge < -0.3 is 4.90 Å². The summed E-state index contributed by atoms with van der Waals surface area (Å²) >= 11 is 2.44. The molecular weight excluding hydrogens is 251 g/mol. The van der Waals surface area contributed by atoms with E-state index in [4.69, 9.17) is 0 Å². The summed E-state index contributed by atoms with van der Waals surface area (Å²) < 4.78 is 1.19. The third-order valence-corrected chi connectivity index (χ3v) is 3.14. The molecule has 0 atom stereocenters. The summed E-state index contributed by atoms with van der Waals surface area (Å²) in [7, 11) is 0. The second-order valence-electron chi connectivity index (χ2n) is 3.08. The first-order chi connectivity index (χ1) is 5.36. The zero-order valence-electron chi connectivity index (χ0n) is 7.22. The van der Waals surface area contributed by atoms with Gasteiger partial charge in [0.1, 0.15) is 0 Å². The van der Waals surface area contributed by atoms with Crippen molar-refractivity contribution in [3.63, 3.8) is 0 Å². The first kappa shape index (κ1) is 9.74. The molecule has 1 heterocycles. The molecule has 1 fully saturated rings. The summed E-state index contributed by atoms with van der Waals surface area (Å²) in [6.45, 7) is 8.62. The van der Waals surface area contributed by atoms with Gasteiger partial charge in [0.05, 0.1) is 4.55 Å². The lowest BCUT2D eigenvalue weighted by Gasteiger charge is -2.33. The fourth-order valence-electron chi connectivity index (χ4n) is 1.45. The number of halogens is 1. The summed E-state index contributed by atoms with van der Waals surface area (Å²) in [4.78, 5) is 5.07. The van der Waals surface area contributed by atoms with Gasteiger partial charge in [0.25, 0.3) is 0 Å². The predicted octanol–water partition coefficient (Wildman–Crippen LogP) is 1.41. The molecule has 1 aliphatic heterocycles. The maximum absolute atomic E-state index is 2.56. The number of alkyl halides is 1. The van der Waals surface area contributed by atoms with Crippen molar-refractivity contribution in [1.29, 1.82) is 0 Å². The fourth-order valence-corrected chi connectivity index (χ4v) is 2.13. The zero-order valence-corrected chi connectivity index (χ0v) is 9.38. The Morgan fingerprint density at radius 2 is 1.64 bits per heavy atom. The molecule has 3 heteroatoms. The third-order valence-electron chi connectivity index (χ3n) is 2.17. The zero-order chi connectivity index (χ0) is 8.10. The first-order valence-corrected chi connectivity index (χ1v) is 5.90. The van der Waals surface area contributed by atoms with Crippen LogP contribution in [0.2, 0.25) is 0 Å². The molecule has 0 aromatic heterocycles. The van der Waals surface area contributed by atoms with Gasteiger partial charge in [-0.1, -0.05) is 29.5 Å². The molecule has 0 amide bonds. The van der Waals surface area contributed by atoms with E-state index in [1.54, 1.807) is 0 Å². The van der Waals surface area contributed by atoms with Crippen LogP contribution in [0.25, 0.3) is 0 Å². The molecule has 1 aliphatic rings. The largest absolute Gasteiger partial charge is 0.301 e. The number of hydrogen-bond donors (Lipinski definition) is 0. The molecule has 0 aromatic rings. The minimum Gasteiger partial charge on any atom is -0.301 e. The smallest absolute Gasteiger partial charge is 0.0506 e. The van der Waals surface area contributed by atoms with Crippen LogP contribution in [-0.4, -0.2) is 47.1 Å². The Morgan fingerprint density at radius 3 is 2.09 bits per heavy atom. The van der Waals surface area contributed by atoms with Crippen molar-refractivity contribution >= 4 is 22.6 Å². The second-order valence-corrected chi connectivity index (χ2v) is 3.76. The average Bonchev–Trinajstić information content (AvgIpc) is 2.07. The summed E-state index contributed by atoms with van der Waals surface area (Å²) in [5, 5.41) is 0. The average molecular weight is 268 g/mol. The van der Waals surface area contributed by atoms with Crippen LogP contribution < -0.4 is 0 Å². The maximum Gasteiger partial charge on any atom is 0.0506 e. The van der Waals surface area contributed by atoms with Crippen LogP contribution in [0.4, 0.5) is 0 Å². The van der Waals surface area contributed by atoms with E-state index in [0.717, 1.165) is 0 Å². The highest BCUT2D eigenvalue weighted by molar-refractivity contribution is 14.1. The molecule has 1 saturated heterocycles. The van der Waals surface area contributed by atoms with Crippen molar-refractivity contribution in [3.05, 3.63) is 0 Å². The van der Waals surface area contributed by atoms with Crippen LogP contribution >= 0.6 is 22.6 Å². The molecule has 0 saturated carbocycles. The van der Waals surface area contributed by atoms with E-state index >= 15 is 0 Å². The summed E-state index contributed by atoms with van der Waals surface area (Å²) in [5.74, 6) is 0. The van der Waals surface area contributed by atoms with E-state index in [0.29, 0.717) is 0 Å². The SMILES string of the molecule is CCCN1CCN(CI)CC1. The van der Waals surface area contributed by atoms with Crippen LogP contribution in [0.1, 0.15) is 13.3 Å². The number of hydrogen-bond acceptors (Lipinski definition) is 2. The maximum atomic E-state index is 2.56. The van der Waals surface area contributed by atoms with Gasteiger partial charge >= 0.3 is 0 Å². The molecule has 1 rings (SSSR count). The minimum atomic E-state index is 1.19. The number of nitrogens with zero attached hydrogens (tertiary/aromatic N) is 2. The molecule has 11 heavy (non-hydrogen) atoms. The molecule has 0 bridgehead atoms. The van der Waals surface area contributed by atoms with E-state index < -0.39 is 0 Å². The minimum absolute atomic E-state index is 1.19. The molecule has 0 spiro atoms. The van der Waals surface area contributed by atoms with E-state index in [-0.39, 0.29) is 0 Å². The highest BCUT2D eigenvalue weighted by Crippen LogP contribution is 2.03. The Hall–Kier alpha value is 0.650. The Morgan fingerprint density at radius 1 is 1.09 bits per heavy atom. The molecule has 0 aliphatic carbocycles. The summed E-state index contributed by atoms with van der Waals surface area (Å²) in [6, 6.07) is 0. The predicted molar refractivity (Wildman–Crippen MR) is 57.2 cm³/mol. The molecule has 0 unspecified atom stereocenters. The quantitative estimate of drug-likeness (QED) is 0.434. The van der Waals surface area contributed by atoms with Gasteiger partial charge in [0.15, 0.2) is 0 Å². The fraction of sp³-hybridized carbons (Fsp3) is 1.00. The molecule has 0 aromatic carbocycles. The molecule has 0 radical (unpaired) electrons. The van der Waals surface area contributed by atoms with Gasteiger partial charge in [-0.05, 0) is 13.0 Å². The van der Waals surface area contributed by atoms with E-state index in [1.807, 2.05) is 0 Å². The van der Waals surface area contributed by atoms with Crippen LogP contribution in [-0.2, 0) is 0 Å². The van der Waals surface area contributed by atoms with E-state index in [1.165, 1.54) is 43.7 Å². The monoisotopic (exact) mass is 268 g/mol. The van der Waals surface area contributed by atoms with Gasteiger partial charge in [0.2, 0.25) is 0 Å². The number of piperazine rings is 1. The Labute approximate surface area is 83.1 Å². The van der Waals surface area contributed by atoms with Crippen molar-refractivity contribution in [2.75, 3.05) is 37.3 Å². The number of rotatable bonds is 3. The Bertz CT molecular complexity index is 100. The summed E-state index contributed by atoms with van der Waals surface area (Å²) in [5.41, 5.74) is 0. The third kappa shape index (κ3) is 3.25. The van der Waals surface area contributed by atoms with Crippen LogP contribution in [0.15, 0.2) is 0 Å². The Kier molecular flexibility index (Phi) is 4.71. The molecule has 0 N–H and O–H groups in total. The topological polar surface area (TPSA) is 6.48 Å². The van der Waals surface area contributed by atoms with Gasteiger partial charge in [0, 0.05) is 26.2 Å². The highest BCUT2D eigenvalue weighted by Gasteiger charge is 2.13. The van der Waals surface area contributed by atoms with Gasteiger partial charge in [-0.3, -0.25) is 4.90 Å². The van der Waals surface area contributed by atoms with Crippen molar-refractivity contribution in [1.82, 2.24) is 9.80 Å². The Balaban J connectivity index is 2.14. The lowest BCUT2D eigenvalue weighted by atomic mass is 10.3. The molecular formula is C8H17IN2. The van der Waals surface area contributed by atoms with Crippen molar-refractivity contribution in [3.8, 4) is 0 Å². The second kappa shape index (κ2) is 5.32. The van der Waals surface area contributed by atoms with Crippen LogP contribution in [0.5, 0.6) is 0 Å². The van der Waals surface area contributed by atoms with Crippen molar-refractivity contribution in [2.45, 2.75) is 13.3 Å². The van der Waals surface area contributed by atoms with Gasteiger partial charge in [-0.15, -0.1) is 0 Å². The molecule has 2 nitrogen and oxygen atoms in total. The van der Waals surface area contributed by atoms with E-state index in [2.05, 4.69) is 39.3 Å². The first-order valence-electron chi connectivity index (χ1n) is 4.37. The van der Waals surface area contributed by atoms with Gasteiger partial charge in [-0.2, -0.15) is 0 Å². The lowest BCUT2D eigenvalue weighted by molar-refractivity contribution is 0.152. The lowest BCUT2D eigenvalue weighted by Crippen LogP contribution is -2.45. The van der Waals surface area contributed by atoms with Gasteiger partial charge in [-0.25, -0.2) is 0 Å². The van der Waals surface area contributed by atoms with E-state index in [9.17, 15) is 0 Å². The highest BCUT2D eigenvalue weighted by atomic mass is 127. The normalized spacial score (nSPS) is 22.4. The van der Waals surface area contributed by atoms with Crippen LogP contribution in [0, 0.1) is 0 Å². The van der Waals surface area contributed by atoms with Crippen molar-refractivity contribution < 1.29 is 0 Å². The van der Waals surface area contributed by atoms with Crippen LogP contribution in [0.3, 0.4) is 0 Å².